The predicted octanol–water partition coefficient (Wildman–Crippen LogP) is 4.71. The third-order valence-electron chi connectivity index (χ3n) is 2.32. The fourth-order valence-electron chi connectivity index (χ4n) is 1.38. The molecule has 0 aromatic rings. The van der Waals surface area contributed by atoms with E-state index in [1.165, 1.54) is 0 Å². The minimum Gasteiger partial charge on any atom is -0.170 e. The van der Waals surface area contributed by atoms with E-state index in [0.717, 1.165) is 31.8 Å². The van der Waals surface area contributed by atoms with Crippen molar-refractivity contribution in [2.75, 3.05) is 0 Å². The fourth-order valence-corrected chi connectivity index (χ4v) is 1.38. The van der Waals surface area contributed by atoms with E-state index in [2.05, 4.69) is 13.5 Å². The van der Waals surface area contributed by atoms with Crippen molar-refractivity contribution < 1.29 is 13.2 Å². The smallest absolute Gasteiger partial charge is 0.170 e. The largest absolute Gasteiger partial charge is 0.395 e. The van der Waals surface area contributed by atoms with Crippen LogP contribution < -0.4 is 0 Å². The van der Waals surface area contributed by atoms with Gasteiger partial charge in [-0.3, -0.25) is 0 Å². The summed E-state index contributed by atoms with van der Waals surface area (Å²) in [5.74, 6) is -1.32. The van der Waals surface area contributed by atoms with E-state index < -0.39 is 12.1 Å². The van der Waals surface area contributed by atoms with Crippen LogP contribution in [0.1, 0.15) is 45.4 Å². The van der Waals surface area contributed by atoms with Gasteiger partial charge in [-0.25, -0.2) is 0 Å². The number of unbranched alkanes of at least 4 members (excludes halogenated alkanes) is 4. The summed E-state index contributed by atoms with van der Waals surface area (Å²) in [6.45, 7) is 5.31. The van der Waals surface area contributed by atoms with Crippen LogP contribution in [-0.2, 0) is 0 Å². The molecular formula is C11H19F3. The molecule has 0 radical (unpaired) electrons. The van der Waals surface area contributed by atoms with E-state index >= 15 is 0 Å². The molecule has 14 heavy (non-hydrogen) atoms. The Labute approximate surface area is 84.2 Å². The molecule has 0 nitrogen and oxygen atoms in total. The monoisotopic (exact) mass is 208 g/mol. The second-order valence-corrected chi connectivity index (χ2v) is 3.59. The van der Waals surface area contributed by atoms with Gasteiger partial charge in [0.25, 0.3) is 0 Å². The first-order valence-electron chi connectivity index (χ1n) is 5.21. The Bertz CT molecular complexity index is 149. The molecule has 0 aromatic heterocycles. The highest BCUT2D eigenvalue weighted by atomic mass is 19.4. The number of halogens is 3. The molecule has 0 saturated carbocycles. The molecule has 0 aromatic carbocycles. The van der Waals surface area contributed by atoms with Gasteiger partial charge >= 0.3 is 6.18 Å². The van der Waals surface area contributed by atoms with Gasteiger partial charge in [-0.1, -0.05) is 45.1 Å². The Balaban J connectivity index is 3.59. The maximum absolute atomic E-state index is 12.2. The minimum absolute atomic E-state index is 0.191. The van der Waals surface area contributed by atoms with Crippen LogP contribution in [-0.4, -0.2) is 6.18 Å². The van der Waals surface area contributed by atoms with Crippen LogP contribution in [0.25, 0.3) is 0 Å². The number of alkyl halides is 3. The van der Waals surface area contributed by atoms with Crippen molar-refractivity contribution in [2.45, 2.75) is 51.6 Å². The number of allylic oxidation sites excluding steroid dienone is 1. The second kappa shape index (κ2) is 6.91. The summed E-state index contributed by atoms with van der Waals surface area (Å²) in [7, 11) is 0. The van der Waals surface area contributed by atoms with E-state index in [9.17, 15) is 13.2 Å². The Morgan fingerprint density at radius 1 is 1.14 bits per heavy atom. The number of hydrogen-bond donors (Lipinski definition) is 0. The van der Waals surface area contributed by atoms with Crippen LogP contribution in [0.2, 0.25) is 0 Å². The quantitative estimate of drug-likeness (QED) is 0.420. The lowest BCUT2D eigenvalue weighted by Gasteiger charge is -2.15. The average Bonchev–Trinajstić information content (AvgIpc) is 2.09. The summed E-state index contributed by atoms with van der Waals surface area (Å²) in [6, 6.07) is 0. The van der Waals surface area contributed by atoms with Gasteiger partial charge in [0.05, 0.1) is 5.92 Å². The van der Waals surface area contributed by atoms with Crippen molar-refractivity contribution in [2.24, 2.45) is 5.92 Å². The lowest BCUT2D eigenvalue weighted by atomic mass is 10.00. The molecule has 1 unspecified atom stereocenters. The summed E-state index contributed by atoms with van der Waals surface area (Å²) in [5, 5.41) is 0. The Morgan fingerprint density at radius 3 is 2.14 bits per heavy atom. The zero-order chi connectivity index (χ0) is 11.0. The highest BCUT2D eigenvalue weighted by Gasteiger charge is 2.36. The molecular weight excluding hydrogens is 189 g/mol. The van der Waals surface area contributed by atoms with Crippen molar-refractivity contribution >= 4 is 0 Å². The fraction of sp³-hybridized carbons (Fsp3) is 0.818. The molecule has 0 amide bonds. The summed E-state index contributed by atoms with van der Waals surface area (Å²) in [5.41, 5.74) is 0. The van der Waals surface area contributed by atoms with Crippen LogP contribution >= 0.6 is 0 Å². The van der Waals surface area contributed by atoms with E-state index in [1.54, 1.807) is 0 Å². The lowest BCUT2D eigenvalue weighted by molar-refractivity contribution is -0.162. The molecule has 0 aliphatic carbocycles. The van der Waals surface area contributed by atoms with Crippen LogP contribution in [0.5, 0.6) is 0 Å². The molecule has 0 spiro atoms. The number of rotatable bonds is 7. The molecule has 0 rings (SSSR count). The maximum Gasteiger partial charge on any atom is 0.395 e. The van der Waals surface area contributed by atoms with Crippen LogP contribution in [0, 0.1) is 5.92 Å². The van der Waals surface area contributed by atoms with E-state index in [-0.39, 0.29) is 6.42 Å². The molecule has 0 saturated heterocycles. The van der Waals surface area contributed by atoms with Crippen LogP contribution in [0.15, 0.2) is 12.7 Å². The molecule has 84 valence electrons. The van der Waals surface area contributed by atoms with E-state index in [0.29, 0.717) is 6.42 Å². The topological polar surface area (TPSA) is 0 Å². The van der Waals surface area contributed by atoms with Gasteiger partial charge in [0.15, 0.2) is 0 Å². The van der Waals surface area contributed by atoms with Crippen molar-refractivity contribution in [1.82, 2.24) is 0 Å². The molecule has 0 aliphatic heterocycles. The molecule has 1 atom stereocenters. The Morgan fingerprint density at radius 2 is 1.71 bits per heavy atom. The molecule has 0 bridgehead atoms. The minimum atomic E-state index is -4.10. The van der Waals surface area contributed by atoms with Crippen LogP contribution in [0.4, 0.5) is 13.2 Å². The van der Waals surface area contributed by atoms with Gasteiger partial charge in [0.1, 0.15) is 0 Å². The van der Waals surface area contributed by atoms with Gasteiger partial charge in [0.2, 0.25) is 0 Å². The normalized spacial score (nSPS) is 14.0. The SMILES string of the molecule is C=CC(CCCCCCC)C(F)(F)F. The third-order valence-corrected chi connectivity index (χ3v) is 2.32. The van der Waals surface area contributed by atoms with Gasteiger partial charge < -0.3 is 0 Å². The van der Waals surface area contributed by atoms with Gasteiger partial charge in [-0.2, -0.15) is 13.2 Å². The zero-order valence-corrected chi connectivity index (χ0v) is 8.74. The van der Waals surface area contributed by atoms with Crippen LogP contribution in [0.3, 0.4) is 0 Å². The first-order chi connectivity index (χ1) is 6.52. The molecule has 0 heterocycles. The van der Waals surface area contributed by atoms with Gasteiger partial charge in [-0.05, 0) is 6.42 Å². The zero-order valence-electron chi connectivity index (χ0n) is 8.74. The number of hydrogen-bond acceptors (Lipinski definition) is 0. The summed E-state index contributed by atoms with van der Waals surface area (Å²) in [6.07, 6.45) is 1.92. The third kappa shape index (κ3) is 6.06. The molecule has 3 heteroatoms. The highest BCUT2D eigenvalue weighted by molar-refractivity contribution is 4.84. The first kappa shape index (κ1) is 13.5. The standard InChI is InChI=1S/C11H19F3/c1-3-5-6-7-8-9-10(4-2)11(12,13)14/h4,10H,2-3,5-9H2,1H3. The predicted molar refractivity (Wildman–Crippen MR) is 53.1 cm³/mol. The highest BCUT2D eigenvalue weighted by Crippen LogP contribution is 2.31. The Kier molecular flexibility index (Phi) is 6.67. The Hall–Kier alpha value is -0.470. The van der Waals surface area contributed by atoms with Gasteiger partial charge in [0, 0.05) is 0 Å². The summed E-state index contributed by atoms with van der Waals surface area (Å²) in [4.78, 5) is 0. The van der Waals surface area contributed by atoms with Crippen molar-refractivity contribution in [1.29, 1.82) is 0 Å². The molecule has 0 N–H and O–H groups in total. The summed E-state index contributed by atoms with van der Waals surface area (Å²) < 4.78 is 36.7. The van der Waals surface area contributed by atoms with Crippen molar-refractivity contribution in [3.63, 3.8) is 0 Å². The second-order valence-electron chi connectivity index (χ2n) is 3.59. The lowest BCUT2D eigenvalue weighted by Crippen LogP contribution is -2.20. The van der Waals surface area contributed by atoms with E-state index in [4.69, 9.17) is 0 Å². The van der Waals surface area contributed by atoms with E-state index in [1.807, 2.05) is 0 Å². The van der Waals surface area contributed by atoms with Crippen molar-refractivity contribution in [3.05, 3.63) is 12.7 Å². The van der Waals surface area contributed by atoms with Gasteiger partial charge in [-0.15, -0.1) is 6.58 Å². The average molecular weight is 208 g/mol. The first-order valence-corrected chi connectivity index (χ1v) is 5.21. The molecule has 0 fully saturated rings. The summed E-state index contributed by atoms with van der Waals surface area (Å²) >= 11 is 0. The van der Waals surface area contributed by atoms with Crippen molar-refractivity contribution in [3.8, 4) is 0 Å². The molecule has 0 aliphatic rings. The maximum atomic E-state index is 12.2.